The summed E-state index contributed by atoms with van der Waals surface area (Å²) < 4.78 is 68.5. The molecule has 0 aliphatic heterocycles. The number of unbranched alkanes of at least 4 members (excludes halogenated alkanes) is 48. The minimum atomic E-state index is -4.96. The highest BCUT2D eigenvalue weighted by Gasteiger charge is 2.30. The Labute approximate surface area is 588 Å². The molecule has 0 aromatic heterocycles. The molecule has 0 amide bonds. The molecular formula is C77H150O17P2. The molecule has 570 valence electrons. The molecule has 0 saturated heterocycles. The van der Waals surface area contributed by atoms with Gasteiger partial charge in [0.15, 0.2) is 12.2 Å². The summed E-state index contributed by atoms with van der Waals surface area (Å²) in [7, 11) is -9.91. The summed E-state index contributed by atoms with van der Waals surface area (Å²) in [4.78, 5) is 72.7. The molecule has 0 saturated carbocycles. The van der Waals surface area contributed by atoms with Crippen molar-refractivity contribution in [1.82, 2.24) is 0 Å². The molecule has 0 aromatic carbocycles. The van der Waals surface area contributed by atoms with E-state index < -0.39 is 97.5 Å². The maximum Gasteiger partial charge on any atom is 0.472 e. The molecule has 0 heterocycles. The number of carbonyl (C=O) groups excluding carboxylic acids is 4. The van der Waals surface area contributed by atoms with E-state index in [0.29, 0.717) is 25.7 Å². The average Bonchev–Trinajstić information content (AvgIpc) is 1.31. The summed E-state index contributed by atoms with van der Waals surface area (Å²) in [5, 5.41) is 10.6. The summed E-state index contributed by atoms with van der Waals surface area (Å²) in [6, 6.07) is 0. The topological polar surface area (TPSA) is 237 Å². The summed E-state index contributed by atoms with van der Waals surface area (Å²) in [5.41, 5.74) is 0. The first-order valence-electron chi connectivity index (χ1n) is 40.2. The normalized spacial score (nSPS) is 14.2. The fourth-order valence-electron chi connectivity index (χ4n) is 11.8. The lowest BCUT2D eigenvalue weighted by Crippen LogP contribution is -2.30. The van der Waals surface area contributed by atoms with E-state index in [2.05, 4.69) is 34.6 Å². The molecule has 6 atom stereocenters. The predicted octanol–water partition coefficient (Wildman–Crippen LogP) is 22.9. The Morgan fingerprint density at radius 1 is 0.292 bits per heavy atom. The van der Waals surface area contributed by atoms with Crippen molar-refractivity contribution in [2.75, 3.05) is 39.6 Å². The van der Waals surface area contributed by atoms with Crippen LogP contribution in [-0.2, 0) is 65.4 Å². The van der Waals surface area contributed by atoms with Gasteiger partial charge >= 0.3 is 39.5 Å². The lowest BCUT2D eigenvalue weighted by molar-refractivity contribution is -0.161. The molecule has 3 N–H and O–H groups in total. The van der Waals surface area contributed by atoms with Crippen molar-refractivity contribution in [3.05, 3.63) is 0 Å². The van der Waals surface area contributed by atoms with Crippen LogP contribution in [0.5, 0.6) is 0 Å². The molecule has 0 bridgehead atoms. The number of aliphatic hydroxyl groups is 1. The first-order valence-corrected chi connectivity index (χ1v) is 43.2. The van der Waals surface area contributed by atoms with E-state index in [9.17, 15) is 43.2 Å². The zero-order valence-corrected chi connectivity index (χ0v) is 64.3. The molecule has 19 heteroatoms. The van der Waals surface area contributed by atoms with Crippen LogP contribution in [0.1, 0.15) is 407 Å². The largest absolute Gasteiger partial charge is 0.472 e. The molecule has 0 fully saturated rings. The molecule has 0 radical (unpaired) electrons. The number of hydrogen-bond acceptors (Lipinski definition) is 15. The van der Waals surface area contributed by atoms with Gasteiger partial charge in [0.25, 0.3) is 0 Å². The van der Waals surface area contributed by atoms with Crippen molar-refractivity contribution in [2.24, 2.45) is 5.92 Å². The van der Waals surface area contributed by atoms with Gasteiger partial charge in [-0.25, -0.2) is 9.13 Å². The Hall–Kier alpha value is -1.94. The Bertz CT molecular complexity index is 1840. The van der Waals surface area contributed by atoms with Gasteiger partial charge in [0.1, 0.15) is 19.3 Å². The molecule has 96 heavy (non-hydrogen) atoms. The van der Waals surface area contributed by atoms with Gasteiger partial charge in [-0.1, -0.05) is 356 Å². The fraction of sp³-hybridized carbons (Fsp3) is 0.948. The number of phosphoric ester groups is 2. The third-order valence-electron chi connectivity index (χ3n) is 18.4. The van der Waals surface area contributed by atoms with Crippen LogP contribution in [0.15, 0.2) is 0 Å². The summed E-state index contributed by atoms with van der Waals surface area (Å²) in [5.74, 6) is -1.31. The molecule has 0 aliphatic rings. The van der Waals surface area contributed by atoms with E-state index in [4.69, 9.17) is 37.0 Å². The first-order chi connectivity index (χ1) is 46.6. The standard InChI is InChI=1S/C77H150O17P2/c1-6-10-13-16-19-21-23-25-27-29-31-33-35-37-42-47-52-57-62-76(81)94-73(67-88-75(80)61-56-51-46-41-36-34-32-30-28-26-24-22-20-17-14-11-7-2)69-92-96(85,86)90-65-71(78)64-89-95(83,84)91-68-72(66-87-74(79)60-55-50-44-18-15-12-8-3)93-77(82)63-58-53-48-43-39-38-40-45-49-54-59-70(5)9-4/h70-73,78H,6-69H2,1-5H3,(H,83,84)(H,85,86)/t70?,71-,72+,73+/m0/s1. The van der Waals surface area contributed by atoms with Crippen LogP contribution in [-0.4, -0.2) is 96.7 Å². The lowest BCUT2D eigenvalue weighted by Gasteiger charge is -2.21. The van der Waals surface area contributed by atoms with Crippen LogP contribution in [0, 0.1) is 5.92 Å². The van der Waals surface area contributed by atoms with Crippen LogP contribution in [0.4, 0.5) is 0 Å². The van der Waals surface area contributed by atoms with E-state index in [0.717, 1.165) is 109 Å². The highest BCUT2D eigenvalue weighted by atomic mass is 31.2. The predicted molar refractivity (Wildman–Crippen MR) is 391 cm³/mol. The number of aliphatic hydroxyl groups excluding tert-OH is 1. The van der Waals surface area contributed by atoms with Gasteiger partial charge < -0.3 is 33.8 Å². The summed E-state index contributed by atoms with van der Waals surface area (Å²) >= 11 is 0. The van der Waals surface area contributed by atoms with E-state index in [1.807, 2.05) is 0 Å². The Morgan fingerprint density at radius 3 is 0.740 bits per heavy atom. The van der Waals surface area contributed by atoms with E-state index in [-0.39, 0.29) is 25.7 Å². The van der Waals surface area contributed by atoms with Gasteiger partial charge in [0.05, 0.1) is 26.4 Å². The van der Waals surface area contributed by atoms with Crippen LogP contribution in [0.2, 0.25) is 0 Å². The van der Waals surface area contributed by atoms with Crippen molar-refractivity contribution >= 4 is 39.5 Å². The van der Waals surface area contributed by atoms with Crippen molar-refractivity contribution < 1.29 is 80.2 Å². The highest BCUT2D eigenvalue weighted by molar-refractivity contribution is 7.47. The Morgan fingerprint density at radius 2 is 0.500 bits per heavy atom. The number of ether oxygens (including phenoxy) is 4. The van der Waals surface area contributed by atoms with Gasteiger partial charge in [-0.05, 0) is 31.6 Å². The molecule has 17 nitrogen and oxygen atoms in total. The Balaban J connectivity index is 5.19. The van der Waals surface area contributed by atoms with Crippen molar-refractivity contribution in [1.29, 1.82) is 0 Å². The fourth-order valence-corrected chi connectivity index (χ4v) is 13.4. The van der Waals surface area contributed by atoms with E-state index in [1.165, 1.54) is 218 Å². The van der Waals surface area contributed by atoms with Crippen molar-refractivity contribution in [3.63, 3.8) is 0 Å². The highest BCUT2D eigenvalue weighted by Crippen LogP contribution is 2.45. The minimum Gasteiger partial charge on any atom is -0.462 e. The van der Waals surface area contributed by atoms with Crippen LogP contribution in [0.25, 0.3) is 0 Å². The van der Waals surface area contributed by atoms with Gasteiger partial charge in [0.2, 0.25) is 0 Å². The number of carbonyl (C=O) groups is 4. The molecule has 0 aliphatic carbocycles. The molecule has 0 rings (SSSR count). The second-order valence-corrected chi connectivity index (χ2v) is 30.9. The van der Waals surface area contributed by atoms with Gasteiger partial charge in [-0.3, -0.25) is 37.3 Å². The van der Waals surface area contributed by atoms with E-state index in [1.54, 1.807) is 0 Å². The number of phosphoric acid groups is 2. The number of esters is 4. The smallest absolute Gasteiger partial charge is 0.462 e. The second-order valence-electron chi connectivity index (χ2n) is 28.0. The molecular weight excluding hydrogens is 1260 g/mol. The summed E-state index contributed by atoms with van der Waals surface area (Å²) in [6.45, 7) is 7.29. The number of rotatable bonds is 77. The van der Waals surface area contributed by atoms with Crippen LogP contribution in [0.3, 0.4) is 0 Å². The lowest BCUT2D eigenvalue weighted by atomic mass is 9.99. The third kappa shape index (κ3) is 69.2. The minimum absolute atomic E-state index is 0.106. The van der Waals surface area contributed by atoms with Gasteiger partial charge in [0, 0.05) is 25.7 Å². The molecule has 3 unspecified atom stereocenters. The first kappa shape index (κ1) is 94.1. The Kier molecular flexibility index (Phi) is 68.7. The zero-order valence-electron chi connectivity index (χ0n) is 62.5. The quantitative estimate of drug-likeness (QED) is 0.0222. The summed E-state index contributed by atoms with van der Waals surface area (Å²) in [6.07, 6.45) is 59.7. The third-order valence-corrected chi connectivity index (χ3v) is 20.3. The van der Waals surface area contributed by atoms with Gasteiger partial charge in [-0.2, -0.15) is 0 Å². The van der Waals surface area contributed by atoms with Crippen LogP contribution >= 0.6 is 15.6 Å². The maximum atomic E-state index is 13.1. The maximum absolute atomic E-state index is 13.1. The zero-order chi connectivity index (χ0) is 70.5. The SMILES string of the molecule is CCCCCCCCCCCCCCCCCCCCC(=O)O[C@H](COC(=O)CCCCCCCCCCCCCCCCCCC)COP(=O)(O)OC[C@@H](O)COP(=O)(O)OC[C@@H](COC(=O)CCCCCCCCC)OC(=O)CCCCCCCCCCCCC(C)CC. The van der Waals surface area contributed by atoms with Crippen molar-refractivity contribution in [2.45, 2.75) is 425 Å². The van der Waals surface area contributed by atoms with Crippen LogP contribution < -0.4 is 0 Å². The number of hydrogen-bond donors (Lipinski definition) is 3. The molecule has 0 aromatic rings. The van der Waals surface area contributed by atoms with E-state index >= 15 is 0 Å². The van der Waals surface area contributed by atoms with Gasteiger partial charge in [-0.15, -0.1) is 0 Å². The average molecular weight is 1410 g/mol. The van der Waals surface area contributed by atoms with Crippen molar-refractivity contribution in [3.8, 4) is 0 Å². The molecule has 0 spiro atoms. The second kappa shape index (κ2) is 70.1. The monoisotopic (exact) mass is 1410 g/mol.